The van der Waals surface area contributed by atoms with E-state index in [1.54, 1.807) is 6.92 Å². The molecule has 0 spiro atoms. The number of esters is 1. The summed E-state index contributed by atoms with van der Waals surface area (Å²) in [4.78, 5) is 27.2. The van der Waals surface area contributed by atoms with Crippen LogP contribution in [0, 0.1) is 17.6 Å². The maximum absolute atomic E-state index is 13.2. The van der Waals surface area contributed by atoms with Gasteiger partial charge in [-0.05, 0) is 18.2 Å². The van der Waals surface area contributed by atoms with Gasteiger partial charge in [-0.1, -0.05) is 6.92 Å². The third-order valence-corrected chi connectivity index (χ3v) is 3.02. The van der Waals surface area contributed by atoms with Crippen LogP contribution in [0.15, 0.2) is 24.5 Å². The molecule has 0 unspecified atom stereocenters. The molecule has 0 bridgehead atoms. The minimum atomic E-state index is -1.08. The van der Waals surface area contributed by atoms with Gasteiger partial charge >= 0.3 is 5.97 Å². The van der Waals surface area contributed by atoms with Gasteiger partial charge in [-0.15, -0.1) is 5.10 Å². The van der Waals surface area contributed by atoms with Gasteiger partial charge in [-0.3, -0.25) is 9.48 Å². The molecule has 2 aromatic rings. The number of ether oxygens (including phenoxy) is 1. The van der Waals surface area contributed by atoms with Crippen LogP contribution in [0.3, 0.4) is 0 Å². The molecule has 6 nitrogen and oxygen atoms in total. The second kappa shape index (κ2) is 6.42. The Morgan fingerprint density at radius 2 is 2.05 bits per heavy atom. The highest BCUT2D eigenvalue weighted by Crippen LogP contribution is 2.14. The van der Waals surface area contributed by atoms with Crippen LogP contribution < -0.4 is 0 Å². The van der Waals surface area contributed by atoms with Crippen molar-refractivity contribution in [2.45, 2.75) is 13.5 Å². The molecular weight excluding hydrogens is 296 g/mol. The molecule has 0 amide bonds. The highest BCUT2D eigenvalue weighted by Gasteiger charge is 2.19. The van der Waals surface area contributed by atoms with Crippen molar-refractivity contribution in [2.75, 3.05) is 7.11 Å². The third kappa shape index (κ3) is 3.33. The van der Waals surface area contributed by atoms with Crippen molar-refractivity contribution in [2.24, 2.45) is 5.92 Å². The molecular formula is C14H13F2N3O3. The van der Waals surface area contributed by atoms with E-state index in [0.29, 0.717) is 0 Å². The van der Waals surface area contributed by atoms with Gasteiger partial charge in [-0.2, -0.15) is 0 Å². The third-order valence-electron chi connectivity index (χ3n) is 3.02. The second-order valence-electron chi connectivity index (χ2n) is 4.68. The Morgan fingerprint density at radius 1 is 1.32 bits per heavy atom. The lowest BCUT2D eigenvalue weighted by atomic mass is 9.99. The van der Waals surface area contributed by atoms with Crippen LogP contribution in [0.4, 0.5) is 8.78 Å². The molecule has 1 atom stereocenters. The quantitative estimate of drug-likeness (QED) is 0.622. The molecule has 1 heterocycles. The van der Waals surface area contributed by atoms with E-state index in [1.807, 2.05) is 0 Å². The lowest BCUT2D eigenvalue weighted by molar-refractivity contribution is 0.0586. The summed E-state index contributed by atoms with van der Waals surface area (Å²) < 4.78 is 31.8. The maximum Gasteiger partial charge on any atom is 0.377 e. The van der Waals surface area contributed by atoms with E-state index in [4.69, 9.17) is 0 Å². The zero-order chi connectivity index (χ0) is 16.3. The van der Waals surface area contributed by atoms with Crippen molar-refractivity contribution in [1.29, 1.82) is 0 Å². The minimum Gasteiger partial charge on any atom is -0.463 e. The monoisotopic (exact) mass is 309 g/mol. The first kappa shape index (κ1) is 15.7. The first-order valence-electron chi connectivity index (χ1n) is 6.39. The molecule has 0 fully saturated rings. The summed E-state index contributed by atoms with van der Waals surface area (Å²) in [5, 5.41) is 3.87. The molecule has 0 N–H and O–H groups in total. The van der Waals surface area contributed by atoms with Crippen molar-refractivity contribution in [3.05, 3.63) is 47.5 Å². The zero-order valence-corrected chi connectivity index (χ0v) is 11.9. The van der Waals surface area contributed by atoms with Crippen molar-refractivity contribution in [3.63, 3.8) is 0 Å². The van der Waals surface area contributed by atoms with Crippen molar-refractivity contribution in [3.8, 4) is 0 Å². The summed E-state index contributed by atoms with van der Waals surface area (Å²) in [6.45, 7) is 1.75. The number of methoxy groups -OCH3 is 1. The summed E-state index contributed by atoms with van der Waals surface area (Å²) in [7, 11) is 1.21. The molecule has 0 aliphatic heterocycles. The summed E-state index contributed by atoms with van der Waals surface area (Å²) >= 11 is 0. The number of hydrogen-bond acceptors (Lipinski definition) is 5. The largest absolute Gasteiger partial charge is 0.463 e. The maximum atomic E-state index is 13.2. The van der Waals surface area contributed by atoms with Crippen LogP contribution in [-0.2, 0) is 11.3 Å². The minimum absolute atomic E-state index is 0.0692. The topological polar surface area (TPSA) is 74.1 Å². The second-order valence-corrected chi connectivity index (χ2v) is 4.68. The normalized spacial score (nSPS) is 12.0. The van der Waals surface area contributed by atoms with Crippen LogP contribution in [0.5, 0.6) is 0 Å². The van der Waals surface area contributed by atoms with Gasteiger partial charge in [0.15, 0.2) is 17.4 Å². The van der Waals surface area contributed by atoms with Crippen LogP contribution in [0.25, 0.3) is 0 Å². The van der Waals surface area contributed by atoms with E-state index in [2.05, 4.69) is 14.8 Å². The first-order chi connectivity index (χ1) is 10.4. The fraction of sp³-hybridized carbons (Fsp3) is 0.286. The highest BCUT2D eigenvalue weighted by molar-refractivity contribution is 5.97. The number of carbonyl (C=O) groups excluding carboxylic acids is 2. The molecule has 2 rings (SSSR count). The summed E-state index contributed by atoms with van der Waals surface area (Å²) in [6, 6.07) is 2.98. The predicted octanol–water partition coefficient (Wildman–Crippen LogP) is 1.86. The number of rotatable bonds is 5. The van der Waals surface area contributed by atoms with Gasteiger partial charge < -0.3 is 4.74 Å². The number of Topliss-reactive ketones (excluding diaryl/α,β-unsaturated/α-hetero) is 1. The van der Waals surface area contributed by atoms with Gasteiger partial charge in [0.25, 0.3) is 5.82 Å². The first-order valence-corrected chi connectivity index (χ1v) is 6.39. The highest BCUT2D eigenvalue weighted by atomic mass is 19.2. The Hall–Kier alpha value is -2.64. The van der Waals surface area contributed by atoms with E-state index in [9.17, 15) is 18.4 Å². The van der Waals surface area contributed by atoms with Crippen LogP contribution >= 0.6 is 0 Å². The number of aromatic nitrogens is 3. The SMILES string of the molecule is COC(=O)c1ncn(C[C@@H](C)C(=O)c2ccc(F)c(F)c2)n1. The predicted molar refractivity (Wildman–Crippen MR) is 71.2 cm³/mol. The Labute approximate surface area is 124 Å². The zero-order valence-electron chi connectivity index (χ0n) is 11.9. The molecule has 8 heteroatoms. The van der Waals surface area contributed by atoms with E-state index in [1.165, 1.54) is 24.2 Å². The number of benzene rings is 1. The molecule has 1 aromatic heterocycles. The van der Waals surface area contributed by atoms with E-state index in [-0.39, 0.29) is 23.7 Å². The smallest absolute Gasteiger partial charge is 0.377 e. The number of halogens is 2. The van der Waals surface area contributed by atoms with Crippen LogP contribution in [0.1, 0.15) is 27.9 Å². The Kier molecular flexibility index (Phi) is 4.59. The molecule has 22 heavy (non-hydrogen) atoms. The van der Waals surface area contributed by atoms with Crippen molar-refractivity contribution in [1.82, 2.24) is 14.8 Å². The molecule has 116 valence electrons. The molecule has 0 saturated heterocycles. The van der Waals surface area contributed by atoms with Gasteiger partial charge in [0.2, 0.25) is 0 Å². The summed E-state index contributed by atoms with van der Waals surface area (Å²) in [5.41, 5.74) is 0.0692. The lowest BCUT2D eigenvalue weighted by Gasteiger charge is -2.10. The number of ketones is 1. The van der Waals surface area contributed by atoms with Crippen LogP contribution in [0.2, 0.25) is 0 Å². The van der Waals surface area contributed by atoms with Gasteiger partial charge in [0, 0.05) is 11.5 Å². The summed E-state index contributed by atoms with van der Waals surface area (Å²) in [6.07, 6.45) is 1.29. The standard InChI is InChI=1S/C14H13F2N3O3/c1-8(6-19-7-17-13(18-19)14(21)22-2)12(20)9-3-4-10(15)11(16)5-9/h3-5,7-8H,6H2,1-2H3/t8-/m1/s1. The molecule has 0 aliphatic carbocycles. The molecule has 0 aliphatic rings. The van der Waals surface area contributed by atoms with E-state index in [0.717, 1.165) is 12.1 Å². The fourth-order valence-electron chi connectivity index (χ4n) is 1.86. The van der Waals surface area contributed by atoms with Gasteiger partial charge in [0.1, 0.15) is 6.33 Å². The Balaban J connectivity index is 2.09. The number of carbonyl (C=O) groups is 2. The lowest BCUT2D eigenvalue weighted by Crippen LogP contribution is -2.19. The Morgan fingerprint density at radius 3 is 2.68 bits per heavy atom. The van der Waals surface area contributed by atoms with Gasteiger partial charge in [0.05, 0.1) is 13.7 Å². The molecule has 0 radical (unpaired) electrons. The Bertz CT molecular complexity index is 715. The van der Waals surface area contributed by atoms with Crippen molar-refractivity contribution >= 4 is 11.8 Å². The molecule has 0 saturated carbocycles. The van der Waals surface area contributed by atoms with E-state index < -0.39 is 23.5 Å². The number of nitrogens with zero attached hydrogens (tertiary/aromatic N) is 3. The molecule has 1 aromatic carbocycles. The fourth-order valence-corrected chi connectivity index (χ4v) is 1.86. The average molecular weight is 309 g/mol. The van der Waals surface area contributed by atoms with E-state index >= 15 is 0 Å². The summed E-state index contributed by atoms with van der Waals surface area (Å²) in [5.74, 6) is -3.81. The average Bonchev–Trinajstić information content (AvgIpc) is 2.96. The van der Waals surface area contributed by atoms with Crippen LogP contribution in [-0.4, -0.2) is 33.6 Å². The van der Waals surface area contributed by atoms with Crippen molar-refractivity contribution < 1.29 is 23.1 Å². The number of hydrogen-bond donors (Lipinski definition) is 0. The van der Waals surface area contributed by atoms with Gasteiger partial charge in [-0.25, -0.2) is 18.6 Å².